The molecule has 8 heteroatoms. The Balaban J connectivity index is 0. The zero-order valence-electron chi connectivity index (χ0n) is 3.47. The minimum Gasteiger partial charge on any atom is 2.00 e. The van der Waals surface area contributed by atoms with Crippen LogP contribution in [0.1, 0.15) is 0 Å². The minimum absolute atomic E-state index is 0. The van der Waals surface area contributed by atoms with Crippen LogP contribution in [0.25, 0.3) is 0 Å². The molecule has 0 saturated heterocycles. The van der Waals surface area contributed by atoms with Gasteiger partial charge in [-0.15, -0.1) is 0 Å². The van der Waals surface area contributed by atoms with E-state index < -0.39 is 13.9 Å². The molecule has 0 saturated carbocycles. The van der Waals surface area contributed by atoms with Crippen molar-refractivity contribution in [3.05, 3.63) is 0 Å². The molecule has 0 heterocycles. The van der Waals surface area contributed by atoms with Gasteiger partial charge in [-0.05, 0) is 0 Å². The van der Waals surface area contributed by atoms with Crippen molar-refractivity contribution in [3.63, 3.8) is 0 Å². The van der Waals surface area contributed by atoms with Crippen molar-refractivity contribution in [2.45, 2.75) is 0 Å². The van der Waals surface area contributed by atoms with Gasteiger partial charge in [-0.3, -0.25) is 0 Å². The summed E-state index contributed by atoms with van der Waals surface area (Å²) in [6.07, 6.45) is 0. The zero-order valence-corrected chi connectivity index (χ0v) is 6.99. The van der Waals surface area contributed by atoms with Gasteiger partial charge in [0, 0.05) is 0 Å². The first-order valence-electron chi connectivity index (χ1n) is 1.13. The molecule has 0 fully saturated rings. The van der Waals surface area contributed by atoms with E-state index in [1.54, 1.807) is 0 Å². The molecule has 0 amide bonds. The van der Waals surface area contributed by atoms with Gasteiger partial charge in [-0.25, -0.2) is 0 Å². The van der Waals surface area contributed by atoms with E-state index in [2.05, 4.69) is 0 Å². The second kappa shape index (κ2) is 1.48. The van der Waals surface area contributed by atoms with E-state index in [-0.39, 0.29) is 23.1 Å². The molecule has 0 rings (SSSR count). The quantitative estimate of drug-likeness (QED) is 0.423. The van der Waals surface area contributed by atoms with E-state index in [4.69, 9.17) is 0 Å². The Labute approximate surface area is 58.2 Å². The molecular weight excluding hydrogens is 211 g/mol. The maximum absolute atomic E-state index is 11.2. The van der Waals surface area contributed by atoms with Crippen molar-refractivity contribution < 1.29 is 21.0 Å². The normalized spacial score (nSPS) is 20.2. The van der Waals surface area contributed by atoms with Crippen LogP contribution in [-0.2, 0) is 0 Å². The third-order valence-electron chi connectivity index (χ3n) is 0. The van der Waals surface area contributed by atoms with Crippen LogP contribution >= 0.6 is 0 Å². The van der Waals surface area contributed by atoms with Gasteiger partial charge in [0.1, 0.15) is 0 Å². The molecule has 48 valence electrons. The molecule has 0 atom stereocenters. The number of halogens is 6. The van der Waals surface area contributed by atoms with Crippen LogP contribution in [0.4, 0.5) is 21.0 Å². The molecule has 0 nitrogen and oxygen atoms in total. The summed E-state index contributed by atoms with van der Waals surface area (Å²) in [6, 6.07) is 0. The average molecular weight is 211 g/mol. The Morgan fingerprint density at radius 3 is 0.625 bits per heavy atom. The summed E-state index contributed by atoms with van der Waals surface area (Å²) in [4.78, 5) is 0. The predicted molar refractivity (Wildman–Crippen MR) is 18.2 cm³/mol. The standard InChI is InChI=1S/F6Ge.Mg/c1-7(2,3,4,5)6;/q-2;+2. The summed E-state index contributed by atoms with van der Waals surface area (Å²) in [5.41, 5.74) is 0. The summed E-state index contributed by atoms with van der Waals surface area (Å²) in [5, 5.41) is 0. The minimum atomic E-state index is -11.2. The van der Waals surface area contributed by atoms with Crippen LogP contribution in [0.5, 0.6) is 0 Å². The van der Waals surface area contributed by atoms with Crippen molar-refractivity contribution in [1.82, 2.24) is 0 Å². The van der Waals surface area contributed by atoms with Crippen LogP contribution in [0.15, 0.2) is 0 Å². The molecule has 8 heavy (non-hydrogen) atoms. The van der Waals surface area contributed by atoms with Crippen LogP contribution in [-0.4, -0.2) is 36.9 Å². The van der Waals surface area contributed by atoms with Gasteiger partial charge in [0.15, 0.2) is 0 Å². The molecule has 0 N–H and O–H groups in total. The zero-order chi connectivity index (χ0) is 6.41. The Hall–Kier alpha value is 0.889. The van der Waals surface area contributed by atoms with E-state index in [0.717, 1.165) is 0 Å². The molecule has 0 unspecified atom stereocenters. The first kappa shape index (κ1) is 11.7. The summed E-state index contributed by atoms with van der Waals surface area (Å²) in [5.74, 6) is 0. The molecule has 0 aliphatic carbocycles. The topological polar surface area (TPSA) is 0 Å². The molecule has 0 spiro atoms. The SMILES string of the molecule is [F][Ge-2]([F])([F])([F])([F])[F].[Mg+2]. The van der Waals surface area contributed by atoms with Crippen LogP contribution in [0.3, 0.4) is 0 Å². The average Bonchev–Trinajstić information content (AvgIpc) is 0.592. The monoisotopic (exact) mass is 212 g/mol. The third kappa shape index (κ3) is 302. The molecule has 0 aromatic carbocycles. The van der Waals surface area contributed by atoms with Gasteiger partial charge in [-0.2, -0.15) is 0 Å². The molecular formula is F6GeMg. The Kier molecular flexibility index (Phi) is 2.16. The predicted octanol–water partition coefficient (Wildman–Crippen LogP) is 1.76. The molecule has 0 aliphatic rings. The van der Waals surface area contributed by atoms with Crippen LogP contribution < -0.4 is 0 Å². The van der Waals surface area contributed by atoms with E-state index in [1.165, 1.54) is 0 Å². The Morgan fingerprint density at radius 2 is 0.625 bits per heavy atom. The summed E-state index contributed by atoms with van der Waals surface area (Å²) in [6.45, 7) is 0. The van der Waals surface area contributed by atoms with E-state index in [1.807, 2.05) is 0 Å². The number of rotatable bonds is 0. The maximum Gasteiger partial charge on any atom is 2.00 e. The molecule has 0 aromatic heterocycles. The van der Waals surface area contributed by atoms with Crippen molar-refractivity contribution in [1.29, 1.82) is 0 Å². The summed E-state index contributed by atoms with van der Waals surface area (Å²) < 4.78 is 59.5. The third-order valence-corrected chi connectivity index (χ3v) is 0. The summed E-state index contributed by atoms with van der Waals surface area (Å²) in [7, 11) is 0. The van der Waals surface area contributed by atoms with Gasteiger partial charge in [0.25, 0.3) is 0 Å². The smallest absolute Gasteiger partial charge is 2.00 e. The second-order valence-corrected chi connectivity index (χ2v) is 5.57. The van der Waals surface area contributed by atoms with Crippen LogP contribution in [0.2, 0.25) is 0 Å². The summed E-state index contributed by atoms with van der Waals surface area (Å²) >= 11 is -11.2. The largest absolute Gasteiger partial charge is 2.00 e. The first-order valence-corrected chi connectivity index (χ1v) is 5.89. The fraction of sp³-hybridized carbons (Fsp3) is 0. The Bertz CT molecular complexity index is 67.1. The van der Waals surface area contributed by atoms with Gasteiger partial charge >= 0.3 is 57.9 Å². The van der Waals surface area contributed by atoms with Crippen molar-refractivity contribution >= 4 is 36.9 Å². The molecule has 0 radical (unpaired) electrons. The van der Waals surface area contributed by atoms with Crippen molar-refractivity contribution in [2.24, 2.45) is 0 Å². The van der Waals surface area contributed by atoms with Crippen molar-refractivity contribution in [3.8, 4) is 0 Å². The number of hydrogen-bond acceptors (Lipinski definition) is 0. The maximum atomic E-state index is 9.92. The fourth-order valence-corrected chi connectivity index (χ4v) is 0. The van der Waals surface area contributed by atoms with E-state index in [9.17, 15) is 21.0 Å². The fourth-order valence-electron chi connectivity index (χ4n) is 0. The molecule has 0 bridgehead atoms. The van der Waals surface area contributed by atoms with Gasteiger partial charge in [0.2, 0.25) is 0 Å². The van der Waals surface area contributed by atoms with E-state index >= 15 is 0 Å². The van der Waals surface area contributed by atoms with Crippen LogP contribution in [0, 0.1) is 0 Å². The van der Waals surface area contributed by atoms with Gasteiger partial charge < -0.3 is 0 Å². The Morgan fingerprint density at radius 1 is 0.625 bits per heavy atom. The molecule has 0 aromatic rings. The number of hydrogen-bond donors (Lipinski definition) is 0. The van der Waals surface area contributed by atoms with Gasteiger partial charge in [0.05, 0.1) is 0 Å². The second-order valence-electron chi connectivity index (χ2n) is 1.07. The van der Waals surface area contributed by atoms with E-state index in [0.29, 0.717) is 0 Å². The molecule has 0 aliphatic heterocycles. The van der Waals surface area contributed by atoms with Gasteiger partial charge in [-0.1, -0.05) is 0 Å². The first-order chi connectivity index (χ1) is 2.45. The van der Waals surface area contributed by atoms with Crippen molar-refractivity contribution in [2.75, 3.05) is 0 Å².